The predicted molar refractivity (Wildman–Crippen MR) is 98.2 cm³/mol. The van der Waals surface area contributed by atoms with E-state index >= 15 is 0 Å². The van der Waals surface area contributed by atoms with Gasteiger partial charge in [-0.3, -0.25) is 0 Å². The van der Waals surface area contributed by atoms with Crippen molar-refractivity contribution in [1.82, 2.24) is 0 Å². The molecule has 0 aliphatic carbocycles. The van der Waals surface area contributed by atoms with Crippen molar-refractivity contribution in [2.24, 2.45) is 0 Å². The summed E-state index contributed by atoms with van der Waals surface area (Å²) in [4.78, 5) is 0. The van der Waals surface area contributed by atoms with E-state index in [1.54, 1.807) is 0 Å². The summed E-state index contributed by atoms with van der Waals surface area (Å²) in [7, 11) is 0. The SMILES string of the molecule is C=C(CC)C(F)(F)C(F)(F)F.CCCCCCCCCCOCC1OC1C. The van der Waals surface area contributed by atoms with Gasteiger partial charge in [-0.05, 0) is 19.8 Å². The second-order valence-corrected chi connectivity index (χ2v) is 6.96. The van der Waals surface area contributed by atoms with Crippen molar-refractivity contribution in [3.63, 3.8) is 0 Å². The first kappa shape index (κ1) is 26.3. The van der Waals surface area contributed by atoms with Gasteiger partial charge in [0.25, 0.3) is 0 Å². The minimum absolute atomic E-state index is 0.382. The lowest BCUT2D eigenvalue weighted by molar-refractivity contribution is -0.264. The minimum atomic E-state index is -5.51. The minimum Gasteiger partial charge on any atom is -0.379 e. The van der Waals surface area contributed by atoms with Crippen molar-refractivity contribution < 1.29 is 31.4 Å². The van der Waals surface area contributed by atoms with Gasteiger partial charge in [0.2, 0.25) is 0 Å². The van der Waals surface area contributed by atoms with Crippen molar-refractivity contribution in [1.29, 1.82) is 0 Å². The van der Waals surface area contributed by atoms with Crippen molar-refractivity contribution in [2.75, 3.05) is 13.2 Å². The Kier molecular flexibility index (Phi) is 13.1. The average Bonchev–Trinajstić information content (AvgIpc) is 3.30. The normalized spacial score (nSPS) is 19.4. The number of epoxide rings is 1. The summed E-state index contributed by atoms with van der Waals surface area (Å²) in [6.07, 6.45) is 5.86. The van der Waals surface area contributed by atoms with Crippen LogP contribution < -0.4 is 0 Å². The van der Waals surface area contributed by atoms with E-state index in [0.717, 1.165) is 13.2 Å². The summed E-state index contributed by atoms with van der Waals surface area (Å²) < 4.78 is 69.4. The van der Waals surface area contributed by atoms with Crippen LogP contribution in [0.3, 0.4) is 0 Å². The van der Waals surface area contributed by atoms with Crippen LogP contribution in [0.15, 0.2) is 12.2 Å². The van der Waals surface area contributed by atoms with Crippen LogP contribution in [0, 0.1) is 0 Å². The summed E-state index contributed by atoms with van der Waals surface area (Å²) in [5.41, 5.74) is -1.11. The lowest BCUT2D eigenvalue weighted by Crippen LogP contribution is -2.37. The zero-order chi connectivity index (χ0) is 20.9. The fourth-order valence-electron chi connectivity index (χ4n) is 2.37. The molecule has 0 aromatic heterocycles. The standard InChI is InChI=1S/C14H28O2.C6H7F5/c1-3-4-5-6-7-8-9-10-11-15-12-14-13(2)16-14;1-3-4(2)5(7,8)6(9,10)11/h13-14H,3-12H2,1-2H3;2-3H2,1H3. The molecule has 2 unspecified atom stereocenters. The molecule has 0 radical (unpaired) electrons. The van der Waals surface area contributed by atoms with Gasteiger partial charge in [0.1, 0.15) is 6.10 Å². The Labute approximate surface area is 160 Å². The Balaban J connectivity index is 0.000000541. The molecule has 27 heavy (non-hydrogen) atoms. The van der Waals surface area contributed by atoms with Gasteiger partial charge in [-0.25, -0.2) is 0 Å². The van der Waals surface area contributed by atoms with E-state index in [2.05, 4.69) is 20.4 Å². The topological polar surface area (TPSA) is 21.8 Å². The number of ether oxygens (including phenoxy) is 2. The molecule has 1 aliphatic heterocycles. The molecule has 0 aromatic rings. The molecule has 0 amide bonds. The number of alkyl halides is 5. The van der Waals surface area contributed by atoms with Crippen LogP contribution in [0.2, 0.25) is 0 Å². The highest BCUT2D eigenvalue weighted by atomic mass is 19.4. The van der Waals surface area contributed by atoms with Crippen molar-refractivity contribution in [3.8, 4) is 0 Å². The van der Waals surface area contributed by atoms with Gasteiger partial charge in [-0.15, -0.1) is 0 Å². The van der Waals surface area contributed by atoms with Crippen LogP contribution >= 0.6 is 0 Å². The molecule has 2 nitrogen and oxygen atoms in total. The number of rotatable bonds is 13. The summed E-state index contributed by atoms with van der Waals surface area (Å²) >= 11 is 0. The molecule has 7 heteroatoms. The second-order valence-electron chi connectivity index (χ2n) is 6.96. The fraction of sp³-hybridized carbons (Fsp3) is 0.900. The number of halogens is 5. The number of unbranched alkanes of at least 4 members (excludes halogenated alkanes) is 7. The molecule has 0 saturated carbocycles. The van der Waals surface area contributed by atoms with E-state index < -0.39 is 17.7 Å². The third-order valence-electron chi connectivity index (χ3n) is 4.49. The number of allylic oxidation sites excluding steroid dienone is 1. The van der Waals surface area contributed by atoms with Gasteiger partial charge in [0.05, 0.1) is 12.7 Å². The van der Waals surface area contributed by atoms with Crippen LogP contribution in [0.4, 0.5) is 22.0 Å². The maximum Gasteiger partial charge on any atom is 0.457 e. The Hall–Kier alpha value is -0.690. The van der Waals surface area contributed by atoms with Gasteiger partial charge in [-0.2, -0.15) is 22.0 Å². The first-order valence-corrected chi connectivity index (χ1v) is 9.93. The number of hydrogen-bond donors (Lipinski definition) is 0. The summed E-state index contributed by atoms with van der Waals surface area (Å²) in [6, 6.07) is 0. The fourth-order valence-corrected chi connectivity index (χ4v) is 2.37. The second kappa shape index (κ2) is 13.5. The molecule has 1 heterocycles. The van der Waals surface area contributed by atoms with Crippen LogP contribution in [-0.4, -0.2) is 37.5 Å². The zero-order valence-electron chi connectivity index (χ0n) is 16.8. The summed E-state index contributed by atoms with van der Waals surface area (Å²) in [6.45, 7) is 9.93. The third-order valence-corrected chi connectivity index (χ3v) is 4.49. The average molecular weight is 402 g/mol. The van der Waals surface area contributed by atoms with Gasteiger partial charge in [0, 0.05) is 12.2 Å². The molecule has 1 saturated heterocycles. The number of hydrogen-bond acceptors (Lipinski definition) is 2. The van der Waals surface area contributed by atoms with E-state index in [1.165, 1.54) is 58.3 Å². The maximum absolute atomic E-state index is 12.1. The molecule has 162 valence electrons. The zero-order valence-corrected chi connectivity index (χ0v) is 16.8. The van der Waals surface area contributed by atoms with E-state index in [-0.39, 0.29) is 6.42 Å². The molecule has 1 aliphatic rings. The molecular formula is C20H35F5O2. The van der Waals surface area contributed by atoms with Crippen LogP contribution in [0.1, 0.15) is 78.6 Å². The van der Waals surface area contributed by atoms with Gasteiger partial charge in [0.15, 0.2) is 0 Å². The van der Waals surface area contributed by atoms with Crippen LogP contribution in [0.5, 0.6) is 0 Å². The summed E-state index contributed by atoms with van der Waals surface area (Å²) in [5, 5.41) is 0. The van der Waals surface area contributed by atoms with E-state index in [1.807, 2.05) is 0 Å². The Bertz CT molecular complexity index is 396. The molecule has 1 rings (SSSR count). The van der Waals surface area contributed by atoms with Gasteiger partial charge < -0.3 is 9.47 Å². The molecular weight excluding hydrogens is 367 g/mol. The largest absolute Gasteiger partial charge is 0.457 e. The molecule has 0 aromatic carbocycles. The predicted octanol–water partition coefficient (Wildman–Crippen LogP) is 7.08. The van der Waals surface area contributed by atoms with Gasteiger partial charge >= 0.3 is 12.1 Å². The monoisotopic (exact) mass is 402 g/mol. The van der Waals surface area contributed by atoms with Crippen LogP contribution in [-0.2, 0) is 9.47 Å². The highest BCUT2D eigenvalue weighted by Crippen LogP contribution is 2.41. The third kappa shape index (κ3) is 11.7. The first-order chi connectivity index (χ1) is 12.6. The molecule has 0 spiro atoms. The highest BCUT2D eigenvalue weighted by Gasteiger charge is 2.58. The maximum atomic E-state index is 12.1. The van der Waals surface area contributed by atoms with Crippen molar-refractivity contribution in [3.05, 3.63) is 12.2 Å². The quantitative estimate of drug-likeness (QED) is 0.142. The van der Waals surface area contributed by atoms with E-state index in [9.17, 15) is 22.0 Å². The van der Waals surface area contributed by atoms with E-state index in [4.69, 9.17) is 9.47 Å². The van der Waals surface area contributed by atoms with Crippen molar-refractivity contribution in [2.45, 2.75) is 103 Å². The Morgan fingerprint density at radius 1 is 0.926 bits per heavy atom. The lowest BCUT2D eigenvalue weighted by Gasteiger charge is -2.20. The molecule has 0 N–H and O–H groups in total. The van der Waals surface area contributed by atoms with Crippen LogP contribution in [0.25, 0.3) is 0 Å². The lowest BCUT2D eigenvalue weighted by atomic mass is 10.1. The molecule has 2 atom stereocenters. The first-order valence-electron chi connectivity index (χ1n) is 9.93. The van der Waals surface area contributed by atoms with Crippen molar-refractivity contribution >= 4 is 0 Å². The summed E-state index contributed by atoms with van der Waals surface area (Å²) in [5.74, 6) is -4.75. The molecule has 0 bridgehead atoms. The Morgan fingerprint density at radius 2 is 1.41 bits per heavy atom. The Morgan fingerprint density at radius 3 is 1.78 bits per heavy atom. The highest BCUT2D eigenvalue weighted by molar-refractivity contribution is 5.10. The van der Waals surface area contributed by atoms with E-state index in [0.29, 0.717) is 12.2 Å². The van der Waals surface area contributed by atoms with Gasteiger partial charge in [-0.1, -0.05) is 65.4 Å². The molecule has 1 fully saturated rings. The smallest absolute Gasteiger partial charge is 0.379 e.